The van der Waals surface area contributed by atoms with E-state index in [1.54, 1.807) is 0 Å². The molecule has 0 heterocycles. The molecule has 0 aromatic rings. The standard InChI is InChI=1S/C15H20F6O/c16-14(17,18)12(7-3-1-4-8-12)11(22)13(15(19,20)21)9-5-2-6-10-13/h1-10H2. The number of Topliss-reactive ketones (excluding diaryl/α,β-unsaturated/α-hetero) is 1. The van der Waals surface area contributed by atoms with Gasteiger partial charge in [-0.05, 0) is 25.7 Å². The van der Waals surface area contributed by atoms with Crippen LogP contribution in [0, 0.1) is 10.8 Å². The van der Waals surface area contributed by atoms with E-state index in [4.69, 9.17) is 0 Å². The molecule has 0 atom stereocenters. The van der Waals surface area contributed by atoms with Crippen molar-refractivity contribution in [3.8, 4) is 0 Å². The van der Waals surface area contributed by atoms with Gasteiger partial charge in [0.25, 0.3) is 0 Å². The Labute approximate surface area is 125 Å². The summed E-state index contributed by atoms with van der Waals surface area (Å²) in [7, 11) is 0. The zero-order chi connectivity index (χ0) is 16.6. The van der Waals surface area contributed by atoms with E-state index >= 15 is 0 Å². The Hall–Kier alpha value is -0.750. The van der Waals surface area contributed by atoms with Gasteiger partial charge in [0.2, 0.25) is 0 Å². The maximum absolute atomic E-state index is 13.6. The van der Waals surface area contributed by atoms with Crippen LogP contribution in [0.15, 0.2) is 0 Å². The molecule has 0 spiro atoms. The van der Waals surface area contributed by atoms with Crippen LogP contribution in [-0.4, -0.2) is 18.1 Å². The molecule has 0 saturated heterocycles. The lowest BCUT2D eigenvalue weighted by Crippen LogP contribution is -2.58. The summed E-state index contributed by atoms with van der Waals surface area (Å²) in [5.74, 6) is -1.61. The molecule has 2 saturated carbocycles. The van der Waals surface area contributed by atoms with Gasteiger partial charge in [-0.15, -0.1) is 0 Å². The Morgan fingerprint density at radius 1 is 0.591 bits per heavy atom. The molecule has 2 fully saturated rings. The molecule has 128 valence electrons. The van der Waals surface area contributed by atoms with Crippen LogP contribution in [0.5, 0.6) is 0 Å². The highest BCUT2D eigenvalue weighted by Crippen LogP contribution is 2.59. The van der Waals surface area contributed by atoms with Gasteiger partial charge in [0, 0.05) is 0 Å². The lowest BCUT2D eigenvalue weighted by atomic mass is 9.58. The lowest BCUT2D eigenvalue weighted by molar-refractivity contribution is -0.263. The molecular weight excluding hydrogens is 310 g/mol. The maximum atomic E-state index is 13.6. The highest BCUT2D eigenvalue weighted by atomic mass is 19.4. The summed E-state index contributed by atoms with van der Waals surface area (Å²) in [5, 5.41) is 0. The summed E-state index contributed by atoms with van der Waals surface area (Å²) in [6.45, 7) is 0. The molecule has 2 aliphatic rings. The fourth-order valence-corrected chi connectivity index (χ4v) is 4.05. The van der Waals surface area contributed by atoms with Crippen LogP contribution >= 0.6 is 0 Å². The molecule has 0 unspecified atom stereocenters. The summed E-state index contributed by atoms with van der Waals surface area (Å²) in [6, 6.07) is 0. The van der Waals surface area contributed by atoms with Crippen molar-refractivity contribution < 1.29 is 31.1 Å². The van der Waals surface area contributed by atoms with E-state index in [1.165, 1.54) is 0 Å². The van der Waals surface area contributed by atoms with E-state index in [9.17, 15) is 31.1 Å². The van der Waals surface area contributed by atoms with Crippen molar-refractivity contribution in [3.63, 3.8) is 0 Å². The predicted octanol–water partition coefficient (Wildman–Crippen LogP) is 5.58. The van der Waals surface area contributed by atoms with Gasteiger partial charge in [-0.3, -0.25) is 4.79 Å². The number of alkyl halides is 6. The largest absolute Gasteiger partial charge is 0.401 e. The number of hydrogen-bond donors (Lipinski definition) is 0. The average molecular weight is 330 g/mol. The molecule has 0 aliphatic heterocycles. The van der Waals surface area contributed by atoms with E-state index in [-0.39, 0.29) is 25.7 Å². The van der Waals surface area contributed by atoms with Crippen molar-refractivity contribution in [1.29, 1.82) is 0 Å². The molecule has 0 bridgehead atoms. The first-order chi connectivity index (χ1) is 10.1. The van der Waals surface area contributed by atoms with Crippen LogP contribution in [0.1, 0.15) is 64.2 Å². The van der Waals surface area contributed by atoms with Crippen molar-refractivity contribution >= 4 is 5.78 Å². The molecule has 0 N–H and O–H groups in total. The Balaban J connectivity index is 2.48. The normalized spacial score (nSPS) is 25.7. The van der Waals surface area contributed by atoms with E-state index in [0.717, 1.165) is 0 Å². The first kappa shape index (κ1) is 17.6. The summed E-state index contributed by atoms with van der Waals surface area (Å²) >= 11 is 0. The highest BCUT2D eigenvalue weighted by Gasteiger charge is 2.70. The molecule has 0 aromatic heterocycles. The molecule has 0 radical (unpaired) electrons. The second-order valence-electron chi connectivity index (χ2n) is 6.61. The number of rotatable bonds is 2. The quantitative estimate of drug-likeness (QED) is 0.604. The van der Waals surface area contributed by atoms with Crippen molar-refractivity contribution in [2.45, 2.75) is 76.6 Å². The Kier molecular flexibility index (Phi) is 4.57. The topological polar surface area (TPSA) is 17.1 Å². The van der Waals surface area contributed by atoms with Gasteiger partial charge in [-0.25, -0.2) is 0 Å². The zero-order valence-electron chi connectivity index (χ0n) is 12.2. The summed E-state index contributed by atoms with van der Waals surface area (Å²) in [5.41, 5.74) is -5.61. The molecule has 0 amide bonds. The molecule has 7 heteroatoms. The Morgan fingerprint density at radius 2 is 0.864 bits per heavy atom. The predicted molar refractivity (Wildman–Crippen MR) is 68.2 cm³/mol. The number of carbonyl (C=O) groups excluding carboxylic acids is 1. The third-order valence-electron chi connectivity index (χ3n) is 5.37. The van der Waals surface area contributed by atoms with Gasteiger partial charge >= 0.3 is 12.4 Å². The van der Waals surface area contributed by atoms with E-state index in [2.05, 4.69) is 0 Å². The maximum Gasteiger partial charge on any atom is 0.401 e. The van der Waals surface area contributed by atoms with Crippen LogP contribution < -0.4 is 0 Å². The molecular formula is C15H20F6O. The smallest absolute Gasteiger partial charge is 0.298 e. The van der Waals surface area contributed by atoms with Gasteiger partial charge in [-0.2, -0.15) is 26.3 Å². The minimum Gasteiger partial charge on any atom is -0.298 e. The summed E-state index contributed by atoms with van der Waals surface area (Å²) in [6.07, 6.45) is -10.2. The van der Waals surface area contributed by atoms with Gasteiger partial charge in [0.05, 0.1) is 0 Å². The van der Waals surface area contributed by atoms with Crippen LogP contribution in [0.4, 0.5) is 26.3 Å². The molecule has 2 aliphatic carbocycles. The number of ketones is 1. The van der Waals surface area contributed by atoms with Crippen LogP contribution in [0.25, 0.3) is 0 Å². The molecule has 2 rings (SSSR count). The van der Waals surface area contributed by atoms with Crippen LogP contribution in [0.2, 0.25) is 0 Å². The van der Waals surface area contributed by atoms with Crippen molar-refractivity contribution in [1.82, 2.24) is 0 Å². The second-order valence-corrected chi connectivity index (χ2v) is 6.61. The van der Waals surface area contributed by atoms with Crippen molar-refractivity contribution in [2.24, 2.45) is 10.8 Å². The second kappa shape index (κ2) is 5.71. The monoisotopic (exact) mass is 330 g/mol. The first-order valence-corrected chi connectivity index (χ1v) is 7.75. The number of hydrogen-bond acceptors (Lipinski definition) is 1. The molecule has 1 nitrogen and oxygen atoms in total. The Bertz CT molecular complexity index is 373. The number of halogens is 6. The zero-order valence-corrected chi connectivity index (χ0v) is 12.2. The third-order valence-corrected chi connectivity index (χ3v) is 5.37. The molecule has 0 aromatic carbocycles. The fraction of sp³-hybridized carbons (Fsp3) is 0.933. The summed E-state index contributed by atoms with van der Waals surface area (Å²) in [4.78, 5) is 12.7. The minimum atomic E-state index is -4.92. The third kappa shape index (κ3) is 2.64. The number of carbonyl (C=O) groups is 1. The van der Waals surface area contributed by atoms with Gasteiger partial charge in [-0.1, -0.05) is 38.5 Å². The van der Waals surface area contributed by atoms with Crippen LogP contribution in [-0.2, 0) is 4.79 Å². The molecule has 22 heavy (non-hydrogen) atoms. The minimum absolute atomic E-state index is 0.152. The lowest BCUT2D eigenvalue weighted by Gasteiger charge is -2.46. The average Bonchev–Trinajstić information content (AvgIpc) is 2.45. The van der Waals surface area contributed by atoms with Gasteiger partial charge < -0.3 is 0 Å². The van der Waals surface area contributed by atoms with Crippen molar-refractivity contribution in [2.75, 3.05) is 0 Å². The fourth-order valence-electron chi connectivity index (χ4n) is 4.05. The highest BCUT2D eigenvalue weighted by molar-refractivity contribution is 5.92. The Morgan fingerprint density at radius 3 is 1.09 bits per heavy atom. The summed E-state index contributed by atoms with van der Waals surface area (Å²) < 4.78 is 81.4. The van der Waals surface area contributed by atoms with E-state index in [0.29, 0.717) is 12.8 Å². The van der Waals surface area contributed by atoms with Gasteiger partial charge in [0.15, 0.2) is 5.78 Å². The van der Waals surface area contributed by atoms with E-state index < -0.39 is 54.6 Å². The van der Waals surface area contributed by atoms with Crippen molar-refractivity contribution in [3.05, 3.63) is 0 Å². The first-order valence-electron chi connectivity index (χ1n) is 7.75. The van der Waals surface area contributed by atoms with Gasteiger partial charge in [0.1, 0.15) is 10.8 Å². The van der Waals surface area contributed by atoms with Crippen LogP contribution in [0.3, 0.4) is 0 Å². The van der Waals surface area contributed by atoms with E-state index in [1.807, 2.05) is 0 Å². The SMILES string of the molecule is O=C(C1(C(F)(F)F)CCCCC1)C1(C(F)(F)F)CCCCC1.